The van der Waals surface area contributed by atoms with E-state index in [0.717, 1.165) is 69.8 Å². The molecule has 0 heterocycles. The van der Waals surface area contributed by atoms with Gasteiger partial charge < -0.3 is 5.32 Å². The minimum Gasteiger partial charge on any atom is -0.350 e. The van der Waals surface area contributed by atoms with Crippen molar-refractivity contribution in [1.82, 2.24) is 5.32 Å². The zero-order valence-corrected chi connectivity index (χ0v) is 24.8. The first-order chi connectivity index (χ1) is 18.2. The SMILES string of the molecule is CC1C(=O)C(C#N)=CC2(C)C3=CC(=O)C4C5CC(C)(C)CCC5(NC(=O)C5CCC5)CCC4(C)C3(C)CCC12. The molecule has 210 valence electrons. The summed E-state index contributed by atoms with van der Waals surface area (Å²) >= 11 is 0. The van der Waals surface area contributed by atoms with E-state index in [2.05, 4.69) is 46.0 Å². The number of hydrogen-bond donors (Lipinski definition) is 1. The summed E-state index contributed by atoms with van der Waals surface area (Å²) in [6.45, 7) is 13.5. The normalized spacial score (nSPS) is 46.7. The molecule has 0 radical (unpaired) electrons. The van der Waals surface area contributed by atoms with E-state index in [1.54, 1.807) is 0 Å². The molecule has 6 rings (SSSR count). The maximum Gasteiger partial charge on any atom is 0.223 e. The fourth-order valence-electron chi connectivity index (χ4n) is 10.5. The number of Topliss-reactive ketones (excluding diaryl/α,β-unsaturated/α-hetero) is 1. The molecule has 4 fully saturated rings. The van der Waals surface area contributed by atoms with Crippen molar-refractivity contribution in [2.75, 3.05) is 0 Å². The smallest absolute Gasteiger partial charge is 0.223 e. The molecule has 6 aliphatic rings. The van der Waals surface area contributed by atoms with Crippen LogP contribution >= 0.6 is 0 Å². The summed E-state index contributed by atoms with van der Waals surface area (Å²) in [5, 5.41) is 13.4. The molecule has 0 bridgehead atoms. The monoisotopic (exact) mass is 530 g/mol. The Bertz CT molecular complexity index is 1250. The summed E-state index contributed by atoms with van der Waals surface area (Å²) in [6, 6.07) is 2.17. The number of nitriles is 1. The van der Waals surface area contributed by atoms with Crippen LogP contribution in [-0.4, -0.2) is 23.0 Å². The van der Waals surface area contributed by atoms with Crippen LogP contribution in [0.2, 0.25) is 0 Å². The summed E-state index contributed by atoms with van der Waals surface area (Å²) in [5.41, 5.74) is 0.296. The van der Waals surface area contributed by atoms with Crippen LogP contribution < -0.4 is 5.32 Å². The van der Waals surface area contributed by atoms with Gasteiger partial charge in [-0.25, -0.2) is 0 Å². The van der Waals surface area contributed by atoms with Crippen molar-refractivity contribution in [3.8, 4) is 6.07 Å². The van der Waals surface area contributed by atoms with E-state index in [1.807, 2.05) is 19.1 Å². The number of carbonyl (C=O) groups is 3. The van der Waals surface area contributed by atoms with Gasteiger partial charge in [-0.15, -0.1) is 0 Å². The van der Waals surface area contributed by atoms with E-state index in [1.165, 1.54) is 0 Å². The maximum absolute atomic E-state index is 14.5. The van der Waals surface area contributed by atoms with Crippen LogP contribution in [0.15, 0.2) is 23.3 Å². The number of ketones is 2. The van der Waals surface area contributed by atoms with Crippen molar-refractivity contribution in [3.05, 3.63) is 23.3 Å². The van der Waals surface area contributed by atoms with Gasteiger partial charge in [0.1, 0.15) is 6.07 Å². The number of carbonyl (C=O) groups excluding carboxylic acids is 3. The second-order valence-corrected chi connectivity index (χ2v) is 15.7. The third-order valence-electron chi connectivity index (χ3n) is 13.4. The summed E-state index contributed by atoms with van der Waals surface area (Å²) in [5.74, 6) is 0.368. The Morgan fingerprint density at radius 1 is 0.974 bits per heavy atom. The summed E-state index contributed by atoms with van der Waals surface area (Å²) < 4.78 is 0. The molecule has 0 aromatic heterocycles. The highest BCUT2D eigenvalue weighted by Gasteiger charge is 2.69. The highest BCUT2D eigenvalue weighted by atomic mass is 16.2. The molecule has 0 spiro atoms. The van der Waals surface area contributed by atoms with E-state index < -0.39 is 5.41 Å². The third kappa shape index (κ3) is 3.51. The molecule has 8 unspecified atom stereocenters. The number of amides is 1. The van der Waals surface area contributed by atoms with Gasteiger partial charge >= 0.3 is 0 Å². The molecule has 1 amide bonds. The fraction of sp³-hybridized carbons (Fsp3) is 0.765. The second-order valence-electron chi connectivity index (χ2n) is 15.7. The van der Waals surface area contributed by atoms with Gasteiger partial charge in [0.25, 0.3) is 0 Å². The lowest BCUT2D eigenvalue weighted by Crippen LogP contribution is -2.70. The molecular weight excluding hydrogens is 484 g/mol. The Hall–Kier alpha value is -2.22. The molecule has 39 heavy (non-hydrogen) atoms. The van der Waals surface area contributed by atoms with Crippen molar-refractivity contribution in [2.24, 2.45) is 51.2 Å². The number of allylic oxidation sites excluding steroid dienone is 4. The Morgan fingerprint density at radius 3 is 2.31 bits per heavy atom. The molecule has 6 aliphatic carbocycles. The first kappa shape index (κ1) is 27.0. The Balaban J connectivity index is 1.46. The van der Waals surface area contributed by atoms with Crippen molar-refractivity contribution >= 4 is 17.5 Å². The summed E-state index contributed by atoms with van der Waals surface area (Å²) in [6.07, 6.45) is 13.6. The van der Waals surface area contributed by atoms with Gasteiger partial charge in [0, 0.05) is 28.7 Å². The molecule has 0 saturated heterocycles. The summed E-state index contributed by atoms with van der Waals surface area (Å²) in [7, 11) is 0. The highest BCUT2D eigenvalue weighted by Crippen LogP contribution is 2.72. The number of hydrogen-bond acceptors (Lipinski definition) is 4. The minimum atomic E-state index is -0.478. The largest absolute Gasteiger partial charge is 0.350 e. The molecular formula is C34H46N2O3. The van der Waals surface area contributed by atoms with Gasteiger partial charge in [0.2, 0.25) is 5.91 Å². The maximum atomic E-state index is 14.5. The van der Waals surface area contributed by atoms with Crippen molar-refractivity contribution in [1.29, 1.82) is 5.26 Å². The second kappa shape index (κ2) is 8.40. The lowest BCUT2D eigenvalue weighted by molar-refractivity contribution is -0.163. The van der Waals surface area contributed by atoms with Crippen LogP contribution in [0.25, 0.3) is 0 Å². The van der Waals surface area contributed by atoms with Crippen LogP contribution in [0.3, 0.4) is 0 Å². The van der Waals surface area contributed by atoms with E-state index in [0.29, 0.717) is 0 Å². The molecule has 5 nitrogen and oxygen atoms in total. The Morgan fingerprint density at radius 2 is 1.67 bits per heavy atom. The van der Waals surface area contributed by atoms with Crippen molar-refractivity contribution in [3.63, 3.8) is 0 Å². The lowest BCUT2D eigenvalue weighted by atomic mass is 9.35. The lowest BCUT2D eigenvalue weighted by Gasteiger charge is -2.68. The van der Waals surface area contributed by atoms with E-state index >= 15 is 0 Å². The van der Waals surface area contributed by atoms with E-state index in [9.17, 15) is 19.6 Å². The minimum absolute atomic E-state index is 0.0514. The van der Waals surface area contributed by atoms with Gasteiger partial charge in [0.15, 0.2) is 11.6 Å². The Labute approximate surface area is 234 Å². The standard InChI is InChI=1S/C34H46N2O3/c1-20-23-10-11-32(5)26(31(23,4)17-22(19-35)28(20)38)16-25(37)27-24-18-30(2,3)12-14-34(24,15-13-33(27,32)6)36-29(39)21-8-7-9-21/h16-17,20-21,23-24,27H,7-15,18H2,1-6H3,(H,36,39). The molecule has 8 atom stereocenters. The fourth-order valence-corrected chi connectivity index (χ4v) is 10.5. The van der Waals surface area contributed by atoms with Crippen molar-refractivity contribution < 1.29 is 14.4 Å². The van der Waals surface area contributed by atoms with Crippen LogP contribution in [0.1, 0.15) is 106 Å². The van der Waals surface area contributed by atoms with Crippen molar-refractivity contribution in [2.45, 2.75) is 111 Å². The van der Waals surface area contributed by atoms with E-state index in [4.69, 9.17) is 0 Å². The van der Waals surface area contributed by atoms with Crippen LogP contribution in [0, 0.1) is 62.6 Å². The topological polar surface area (TPSA) is 87.0 Å². The third-order valence-corrected chi connectivity index (χ3v) is 13.4. The van der Waals surface area contributed by atoms with Crippen LogP contribution in [0.4, 0.5) is 0 Å². The number of rotatable bonds is 2. The van der Waals surface area contributed by atoms with Gasteiger partial charge in [-0.3, -0.25) is 14.4 Å². The molecule has 0 aromatic rings. The van der Waals surface area contributed by atoms with Crippen LogP contribution in [0.5, 0.6) is 0 Å². The van der Waals surface area contributed by atoms with E-state index in [-0.39, 0.29) is 74.4 Å². The average molecular weight is 531 g/mol. The van der Waals surface area contributed by atoms with Gasteiger partial charge in [-0.1, -0.05) is 59.6 Å². The van der Waals surface area contributed by atoms with Gasteiger partial charge in [0.05, 0.1) is 5.57 Å². The molecule has 5 heteroatoms. The number of nitrogens with zero attached hydrogens (tertiary/aromatic N) is 1. The zero-order chi connectivity index (χ0) is 28.2. The average Bonchev–Trinajstić information content (AvgIpc) is 2.82. The van der Waals surface area contributed by atoms with Gasteiger partial charge in [-0.2, -0.15) is 5.26 Å². The Kier molecular flexibility index (Phi) is 5.81. The van der Waals surface area contributed by atoms with Gasteiger partial charge in [-0.05, 0) is 91.9 Å². The summed E-state index contributed by atoms with van der Waals surface area (Å²) in [4.78, 5) is 40.8. The predicted molar refractivity (Wildman–Crippen MR) is 150 cm³/mol. The zero-order valence-electron chi connectivity index (χ0n) is 24.8. The first-order valence-corrected chi connectivity index (χ1v) is 15.5. The first-order valence-electron chi connectivity index (χ1n) is 15.5. The number of nitrogens with one attached hydrogen (secondary N) is 1. The predicted octanol–water partition coefficient (Wildman–Crippen LogP) is 6.48. The molecule has 0 aromatic carbocycles. The quantitative estimate of drug-likeness (QED) is 0.442. The molecule has 1 N–H and O–H groups in total. The molecule has 0 aliphatic heterocycles. The number of fused-ring (bicyclic) bond motifs is 7. The highest BCUT2D eigenvalue weighted by molar-refractivity contribution is 6.02. The van der Waals surface area contributed by atoms with Crippen LogP contribution in [-0.2, 0) is 14.4 Å². The molecule has 4 saturated carbocycles.